The van der Waals surface area contributed by atoms with Crippen LogP contribution in [-0.4, -0.2) is 22.2 Å². The third kappa shape index (κ3) is 2.12. The van der Waals surface area contributed by atoms with Gasteiger partial charge in [0.2, 0.25) is 0 Å². The van der Waals surface area contributed by atoms with Crippen LogP contribution in [0, 0.1) is 11.7 Å². The van der Waals surface area contributed by atoms with Crippen molar-refractivity contribution in [1.82, 2.24) is 10.3 Å². The number of halogens is 1. The van der Waals surface area contributed by atoms with Crippen molar-refractivity contribution in [2.24, 2.45) is 16.8 Å². The Bertz CT molecular complexity index is 602. The zero-order chi connectivity index (χ0) is 15.2. The zero-order valence-electron chi connectivity index (χ0n) is 12.5. The molecule has 0 aromatic heterocycles. The van der Waals surface area contributed by atoms with Gasteiger partial charge >= 0.3 is 0 Å². The van der Waals surface area contributed by atoms with Gasteiger partial charge in [0.05, 0.1) is 0 Å². The minimum atomic E-state index is -0.276. The second kappa shape index (κ2) is 5.42. The Morgan fingerprint density at radius 1 is 1.32 bits per heavy atom. The molecule has 0 bridgehead atoms. The molecule has 1 saturated carbocycles. The number of fused-ring (bicyclic) bond motifs is 1. The molecule has 6 heteroatoms. The Morgan fingerprint density at radius 2 is 2.14 bits per heavy atom. The van der Waals surface area contributed by atoms with Crippen LogP contribution in [0.4, 0.5) is 4.39 Å². The van der Waals surface area contributed by atoms with Crippen molar-refractivity contribution < 1.29 is 4.39 Å². The lowest BCUT2D eigenvalue weighted by Crippen LogP contribution is -2.48. The van der Waals surface area contributed by atoms with Crippen LogP contribution in [0.2, 0.25) is 0 Å². The van der Waals surface area contributed by atoms with Crippen molar-refractivity contribution in [1.29, 1.82) is 0 Å². The summed E-state index contributed by atoms with van der Waals surface area (Å²) in [5, 5.41) is 10.8. The highest BCUT2D eigenvalue weighted by Crippen LogP contribution is 2.50. The molecule has 1 aromatic carbocycles. The zero-order valence-corrected chi connectivity index (χ0v) is 13.3. The maximum absolute atomic E-state index is 13.9. The fourth-order valence-electron chi connectivity index (χ4n) is 4.24. The summed E-state index contributed by atoms with van der Waals surface area (Å²) < 4.78 is 13.9. The van der Waals surface area contributed by atoms with Crippen molar-refractivity contribution in [2.45, 2.75) is 43.1 Å². The smallest absolute Gasteiger partial charge is 0.181 e. The molecule has 0 spiro atoms. The van der Waals surface area contributed by atoms with Gasteiger partial charge in [-0.15, -0.1) is 5.10 Å². The van der Waals surface area contributed by atoms with Crippen LogP contribution in [0.3, 0.4) is 0 Å². The average Bonchev–Trinajstić information content (AvgIpc) is 3.06. The van der Waals surface area contributed by atoms with Crippen LogP contribution >= 0.6 is 11.8 Å². The maximum Gasteiger partial charge on any atom is 0.181 e. The first-order chi connectivity index (χ1) is 10.7. The summed E-state index contributed by atoms with van der Waals surface area (Å²) in [6, 6.07) is 7.02. The largest absolute Gasteiger partial charge is 0.377 e. The fraction of sp³-hybridized carbons (Fsp3) is 0.562. The van der Waals surface area contributed by atoms with Gasteiger partial charge in [-0.1, -0.05) is 31.4 Å². The van der Waals surface area contributed by atoms with E-state index in [1.165, 1.54) is 38.2 Å². The maximum atomic E-state index is 13.9. The molecule has 2 unspecified atom stereocenters. The Balaban J connectivity index is 1.81. The second-order valence-corrected chi connectivity index (χ2v) is 7.50. The van der Waals surface area contributed by atoms with Gasteiger partial charge in [-0.05, 0) is 48.2 Å². The molecule has 2 heterocycles. The molecule has 2 atom stereocenters. The molecule has 0 amide bonds. The molecule has 2 aliphatic heterocycles. The molecule has 3 N–H and O–H groups in total. The van der Waals surface area contributed by atoms with Crippen LogP contribution in [0.25, 0.3) is 0 Å². The quantitative estimate of drug-likeness (QED) is 0.880. The topological polar surface area (TPSA) is 53.6 Å². The average molecular weight is 320 g/mol. The van der Waals surface area contributed by atoms with Crippen LogP contribution in [-0.2, 0) is 5.54 Å². The van der Waals surface area contributed by atoms with E-state index in [2.05, 4.69) is 15.4 Å². The molecule has 118 valence electrons. The summed E-state index contributed by atoms with van der Waals surface area (Å²) in [5.41, 5.74) is 6.76. The fourth-order valence-corrected chi connectivity index (χ4v) is 5.10. The van der Waals surface area contributed by atoms with Crippen molar-refractivity contribution in [3.63, 3.8) is 0 Å². The van der Waals surface area contributed by atoms with Crippen molar-refractivity contribution in [3.05, 3.63) is 35.6 Å². The number of benzene rings is 1. The molecule has 22 heavy (non-hydrogen) atoms. The van der Waals surface area contributed by atoms with E-state index in [0.717, 1.165) is 12.1 Å². The summed E-state index contributed by atoms with van der Waals surface area (Å²) in [5.74, 6) is 0.302. The molecular weight excluding hydrogens is 299 g/mol. The Hall–Kier alpha value is -1.27. The lowest BCUT2D eigenvalue weighted by atomic mass is 9.71. The van der Waals surface area contributed by atoms with E-state index in [1.807, 2.05) is 6.07 Å². The van der Waals surface area contributed by atoms with Gasteiger partial charge in [0, 0.05) is 6.54 Å². The third-order valence-electron chi connectivity index (χ3n) is 5.22. The SMILES string of the molecule is NC1=NN2C(NCC2(c2cccc(F)c2)C2CCCCC2)S1. The van der Waals surface area contributed by atoms with Gasteiger partial charge in [-0.2, -0.15) is 0 Å². The first-order valence-electron chi connectivity index (χ1n) is 8.00. The van der Waals surface area contributed by atoms with Crippen LogP contribution in [0.5, 0.6) is 0 Å². The van der Waals surface area contributed by atoms with Crippen LogP contribution < -0.4 is 11.1 Å². The van der Waals surface area contributed by atoms with Gasteiger partial charge in [-0.3, -0.25) is 10.3 Å². The minimum absolute atomic E-state index is 0.0743. The molecule has 3 aliphatic rings. The number of hydrazone groups is 1. The number of hydrogen-bond acceptors (Lipinski definition) is 5. The number of amidine groups is 1. The highest BCUT2D eigenvalue weighted by Gasteiger charge is 2.54. The molecule has 1 saturated heterocycles. The Morgan fingerprint density at radius 3 is 2.91 bits per heavy atom. The number of rotatable bonds is 2. The Kier molecular flexibility index (Phi) is 3.53. The molecule has 4 nitrogen and oxygen atoms in total. The number of thioether (sulfide) groups is 1. The van der Waals surface area contributed by atoms with Crippen molar-refractivity contribution in [2.75, 3.05) is 6.54 Å². The van der Waals surface area contributed by atoms with E-state index >= 15 is 0 Å². The van der Waals surface area contributed by atoms with E-state index < -0.39 is 0 Å². The molecule has 2 fully saturated rings. The van der Waals surface area contributed by atoms with E-state index in [-0.39, 0.29) is 16.9 Å². The first kappa shape index (κ1) is 14.3. The summed E-state index contributed by atoms with van der Waals surface area (Å²) in [6.45, 7) is 0.801. The van der Waals surface area contributed by atoms with Crippen LogP contribution in [0.15, 0.2) is 29.4 Å². The highest BCUT2D eigenvalue weighted by atomic mass is 32.2. The highest BCUT2D eigenvalue weighted by molar-refractivity contribution is 8.14. The summed E-state index contributed by atoms with van der Waals surface area (Å²) >= 11 is 1.55. The molecule has 1 aliphatic carbocycles. The number of hydrogen-bond donors (Lipinski definition) is 2. The molecule has 4 rings (SSSR count). The van der Waals surface area contributed by atoms with Gasteiger partial charge in [0.1, 0.15) is 11.4 Å². The summed E-state index contributed by atoms with van der Waals surface area (Å²) in [6.07, 6.45) is 6.12. The van der Waals surface area contributed by atoms with Gasteiger partial charge < -0.3 is 5.73 Å². The van der Waals surface area contributed by atoms with Crippen molar-refractivity contribution >= 4 is 16.9 Å². The predicted molar refractivity (Wildman–Crippen MR) is 87.5 cm³/mol. The lowest BCUT2D eigenvalue weighted by Gasteiger charge is -2.44. The van der Waals surface area contributed by atoms with E-state index in [9.17, 15) is 4.39 Å². The normalized spacial score (nSPS) is 32.1. The lowest BCUT2D eigenvalue weighted by molar-refractivity contribution is 0.0546. The molecular formula is C16H21FN4S. The molecule has 0 radical (unpaired) electrons. The van der Waals surface area contributed by atoms with Crippen molar-refractivity contribution in [3.8, 4) is 0 Å². The standard InChI is InChI=1S/C16H21FN4S/c17-13-8-4-7-12(9-13)16(11-5-2-1-3-6-11)10-19-15-21(16)20-14(18)22-15/h4,7-9,11,15,19H,1-3,5-6,10H2,(H2,18,20). The third-order valence-corrected chi connectivity index (χ3v) is 6.13. The predicted octanol–water partition coefficient (Wildman–Crippen LogP) is 2.77. The number of nitrogens with two attached hydrogens (primary N) is 1. The van der Waals surface area contributed by atoms with Gasteiger partial charge in [0.25, 0.3) is 0 Å². The van der Waals surface area contributed by atoms with Gasteiger partial charge in [-0.25, -0.2) is 4.39 Å². The number of nitrogens with one attached hydrogen (secondary N) is 1. The summed E-state index contributed by atoms with van der Waals surface area (Å²) in [7, 11) is 0. The van der Waals surface area contributed by atoms with E-state index in [4.69, 9.17) is 5.73 Å². The van der Waals surface area contributed by atoms with E-state index in [1.54, 1.807) is 23.9 Å². The van der Waals surface area contributed by atoms with E-state index in [0.29, 0.717) is 11.1 Å². The van der Waals surface area contributed by atoms with Crippen LogP contribution in [0.1, 0.15) is 37.7 Å². The summed E-state index contributed by atoms with van der Waals surface area (Å²) in [4.78, 5) is 0. The van der Waals surface area contributed by atoms with Gasteiger partial charge in [0.15, 0.2) is 10.7 Å². The molecule has 1 aromatic rings. The first-order valence-corrected chi connectivity index (χ1v) is 8.87. The second-order valence-electron chi connectivity index (χ2n) is 6.40. The number of nitrogens with zero attached hydrogens (tertiary/aromatic N) is 2. The minimum Gasteiger partial charge on any atom is -0.377 e. The monoisotopic (exact) mass is 320 g/mol. The Labute approximate surface area is 134 Å².